The highest BCUT2D eigenvalue weighted by molar-refractivity contribution is 5.96. The number of nitrogens with zero attached hydrogens (tertiary/aromatic N) is 1. The van der Waals surface area contributed by atoms with E-state index in [9.17, 15) is 9.59 Å². The van der Waals surface area contributed by atoms with Crippen LogP contribution in [0.3, 0.4) is 0 Å². The Kier molecular flexibility index (Phi) is 4.35. The molecule has 1 heterocycles. The van der Waals surface area contributed by atoms with Crippen LogP contribution in [0.1, 0.15) is 42.1 Å². The zero-order chi connectivity index (χ0) is 13.8. The number of benzene rings is 1. The van der Waals surface area contributed by atoms with Gasteiger partial charge in [0.25, 0.3) is 0 Å². The van der Waals surface area contributed by atoms with Crippen LogP contribution in [0.15, 0.2) is 24.3 Å². The van der Waals surface area contributed by atoms with Crippen LogP contribution in [0.4, 0.5) is 0 Å². The van der Waals surface area contributed by atoms with E-state index >= 15 is 0 Å². The van der Waals surface area contributed by atoms with Gasteiger partial charge < -0.3 is 4.90 Å². The molecule has 1 aliphatic heterocycles. The van der Waals surface area contributed by atoms with Gasteiger partial charge in [0.05, 0.1) is 0 Å². The summed E-state index contributed by atoms with van der Waals surface area (Å²) in [6, 6.07) is 7.77. The molecule has 3 nitrogen and oxygen atoms in total. The zero-order valence-electron chi connectivity index (χ0n) is 11.7. The van der Waals surface area contributed by atoms with Crippen LogP contribution < -0.4 is 0 Å². The number of aryl methyl sites for hydroxylation is 1. The lowest BCUT2D eigenvalue weighted by Gasteiger charge is -2.30. The molecular weight excluding hydrogens is 238 g/mol. The van der Waals surface area contributed by atoms with Gasteiger partial charge in [-0.05, 0) is 25.7 Å². The summed E-state index contributed by atoms with van der Waals surface area (Å²) >= 11 is 0. The highest BCUT2D eigenvalue weighted by Gasteiger charge is 2.22. The number of rotatable bonds is 3. The first-order valence-corrected chi connectivity index (χ1v) is 6.91. The standard InChI is InChI=1S/C16H21NO2/c1-12-3-5-15(6-4-12)16(19)11-14-7-9-17(10-8-14)13(2)18/h3-6,14H,7-11H2,1-2H3. The highest BCUT2D eigenvalue weighted by Crippen LogP contribution is 2.22. The molecule has 0 N–H and O–H groups in total. The molecule has 0 aliphatic carbocycles. The summed E-state index contributed by atoms with van der Waals surface area (Å²) in [5.74, 6) is 0.786. The lowest BCUT2D eigenvalue weighted by atomic mass is 9.89. The third-order valence-corrected chi connectivity index (χ3v) is 3.91. The van der Waals surface area contributed by atoms with Crippen LogP contribution in [0.2, 0.25) is 0 Å². The van der Waals surface area contributed by atoms with Gasteiger partial charge in [0.1, 0.15) is 0 Å². The number of Topliss-reactive ketones (excluding diaryl/α,β-unsaturated/α-hetero) is 1. The van der Waals surface area contributed by atoms with Gasteiger partial charge in [-0.3, -0.25) is 9.59 Å². The third kappa shape index (κ3) is 3.66. The highest BCUT2D eigenvalue weighted by atomic mass is 16.2. The summed E-state index contributed by atoms with van der Waals surface area (Å²) in [7, 11) is 0. The molecule has 0 atom stereocenters. The molecule has 1 aliphatic rings. The lowest BCUT2D eigenvalue weighted by molar-refractivity contribution is -0.130. The Bertz CT molecular complexity index is 456. The van der Waals surface area contributed by atoms with Crippen molar-refractivity contribution in [1.29, 1.82) is 0 Å². The molecule has 0 spiro atoms. The summed E-state index contributed by atoms with van der Waals surface area (Å²) in [5, 5.41) is 0. The molecule has 1 aromatic rings. The normalized spacial score (nSPS) is 16.4. The van der Waals surface area contributed by atoms with Gasteiger partial charge in [-0.25, -0.2) is 0 Å². The molecule has 102 valence electrons. The molecule has 3 heteroatoms. The summed E-state index contributed by atoms with van der Waals surface area (Å²) in [6.45, 7) is 5.21. The monoisotopic (exact) mass is 259 g/mol. The minimum Gasteiger partial charge on any atom is -0.343 e. The quantitative estimate of drug-likeness (QED) is 0.783. The van der Waals surface area contributed by atoms with Crippen LogP contribution >= 0.6 is 0 Å². The largest absolute Gasteiger partial charge is 0.343 e. The number of hydrogen-bond acceptors (Lipinski definition) is 2. The van der Waals surface area contributed by atoms with Crippen molar-refractivity contribution in [2.75, 3.05) is 13.1 Å². The maximum atomic E-state index is 12.2. The second kappa shape index (κ2) is 6.00. The lowest BCUT2D eigenvalue weighted by Crippen LogP contribution is -2.37. The average Bonchev–Trinajstić information content (AvgIpc) is 2.40. The Morgan fingerprint density at radius 1 is 1.16 bits per heavy atom. The van der Waals surface area contributed by atoms with Gasteiger partial charge in [-0.2, -0.15) is 0 Å². The molecule has 0 bridgehead atoms. The summed E-state index contributed by atoms with van der Waals surface area (Å²) in [6.07, 6.45) is 2.49. The number of likely N-dealkylation sites (tertiary alicyclic amines) is 1. The summed E-state index contributed by atoms with van der Waals surface area (Å²) in [5.41, 5.74) is 1.98. The summed E-state index contributed by atoms with van der Waals surface area (Å²) < 4.78 is 0. The number of amides is 1. The molecule has 0 aromatic heterocycles. The maximum absolute atomic E-state index is 12.2. The molecule has 1 aromatic carbocycles. The average molecular weight is 259 g/mol. The Hall–Kier alpha value is -1.64. The molecule has 2 rings (SSSR count). The SMILES string of the molecule is CC(=O)N1CCC(CC(=O)c2ccc(C)cc2)CC1. The van der Waals surface area contributed by atoms with Crippen molar-refractivity contribution >= 4 is 11.7 Å². The van der Waals surface area contributed by atoms with E-state index in [2.05, 4.69) is 0 Å². The van der Waals surface area contributed by atoms with Crippen LogP contribution in [0.25, 0.3) is 0 Å². The van der Waals surface area contributed by atoms with Gasteiger partial charge in [-0.15, -0.1) is 0 Å². The number of ketones is 1. The molecule has 0 unspecified atom stereocenters. The van der Waals surface area contributed by atoms with Crippen molar-refractivity contribution in [3.05, 3.63) is 35.4 Å². The van der Waals surface area contributed by atoms with Gasteiger partial charge in [0.15, 0.2) is 5.78 Å². The van der Waals surface area contributed by atoms with E-state index in [1.165, 1.54) is 5.56 Å². The van der Waals surface area contributed by atoms with E-state index in [1.807, 2.05) is 36.1 Å². The van der Waals surface area contributed by atoms with E-state index in [-0.39, 0.29) is 11.7 Å². The molecular formula is C16H21NO2. The predicted octanol–water partition coefficient (Wildman–Crippen LogP) is 2.83. The van der Waals surface area contributed by atoms with Crippen molar-refractivity contribution < 1.29 is 9.59 Å². The molecule has 1 amide bonds. The fourth-order valence-electron chi connectivity index (χ4n) is 2.57. The minimum atomic E-state index is 0.142. The maximum Gasteiger partial charge on any atom is 0.219 e. The smallest absolute Gasteiger partial charge is 0.219 e. The Balaban J connectivity index is 1.87. The van der Waals surface area contributed by atoms with Gasteiger partial charge >= 0.3 is 0 Å². The van der Waals surface area contributed by atoms with Crippen molar-refractivity contribution in [2.24, 2.45) is 5.92 Å². The van der Waals surface area contributed by atoms with E-state index in [0.717, 1.165) is 31.5 Å². The van der Waals surface area contributed by atoms with E-state index in [0.29, 0.717) is 12.3 Å². The first kappa shape index (κ1) is 13.8. The first-order chi connectivity index (χ1) is 9.06. The number of carbonyl (C=O) groups is 2. The van der Waals surface area contributed by atoms with Crippen LogP contribution in [-0.2, 0) is 4.79 Å². The third-order valence-electron chi connectivity index (χ3n) is 3.91. The number of hydrogen-bond donors (Lipinski definition) is 0. The van der Waals surface area contributed by atoms with Crippen molar-refractivity contribution in [3.8, 4) is 0 Å². The molecule has 1 saturated heterocycles. The number of piperidine rings is 1. The number of carbonyl (C=O) groups excluding carboxylic acids is 2. The fourth-order valence-corrected chi connectivity index (χ4v) is 2.57. The topological polar surface area (TPSA) is 37.4 Å². The van der Waals surface area contributed by atoms with E-state index < -0.39 is 0 Å². The minimum absolute atomic E-state index is 0.142. The first-order valence-electron chi connectivity index (χ1n) is 6.91. The Labute approximate surface area is 114 Å². The summed E-state index contributed by atoms with van der Waals surface area (Å²) in [4.78, 5) is 25.3. The van der Waals surface area contributed by atoms with Gasteiger partial charge in [0, 0.05) is 32.0 Å². The van der Waals surface area contributed by atoms with Gasteiger partial charge in [0.2, 0.25) is 5.91 Å². The molecule has 0 saturated carbocycles. The molecule has 19 heavy (non-hydrogen) atoms. The second-order valence-corrected chi connectivity index (χ2v) is 5.44. The van der Waals surface area contributed by atoms with E-state index in [1.54, 1.807) is 6.92 Å². The zero-order valence-corrected chi connectivity index (χ0v) is 11.7. The Morgan fingerprint density at radius 2 is 1.74 bits per heavy atom. The predicted molar refractivity (Wildman–Crippen MR) is 75.1 cm³/mol. The van der Waals surface area contributed by atoms with Crippen molar-refractivity contribution in [1.82, 2.24) is 4.90 Å². The van der Waals surface area contributed by atoms with Gasteiger partial charge in [-0.1, -0.05) is 29.8 Å². The van der Waals surface area contributed by atoms with Crippen LogP contribution in [0.5, 0.6) is 0 Å². The van der Waals surface area contributed by atoms with Crippen LogP contribution in [0, 0.1) is 12.8 Å². The second-order valence-electron chi connectivity index (χ2n) is 5.44. The van der Waals surface area contributed by atoms with Crippen molar-refractivity contribution in [2.45, 2.75) is 33.1 Å². The fraction of sp³-hybridized carbons (Fsp3) is 0.500. The Morgan fingerprint density at radius 3 is 2.26 bits per heavy atom. The van der Waals surface area contributed by atoms with E-state index in [4.69, 9.17) is 0 Å². The molecule has 1 fully saturated rings. The van der Waals surface area contributed by atoms with Crippen molar-refractivity contribution in [3.63, 3.8) is 0 Å². The van der Waals surface area contributed by atoms with Crippen LogP contribution in [-0.4, -0.2) is 29.7 Å². The molecule has 0 radical (unpaired) electrons.